The summed E-state index contributed by atoms with van der Waals surface area (Å²) in [5.74, 6) is -0.0841. The number of hydrogen-bond donors (Lipinski definition) is 0. The Labute approximate surface area is 172 Å². The lowest BCUT2D eigenvalue weighted by Gasteiger charge is -2.34. The molecule has 1 saturated heterocycles. The van der Waals surface area contributed by atoms with Crippen LogP contribution >= 0.6 is 34.5 Å². The summed E-state index contributed by atoms with van der Waals surface area (Å²) < 4.78 is 27.0. The van der Waals surface area contributed by atoms with Gasteiger partial charge in [0, 0.05) is 44.8 Å². The molecule has 0 N–H and O–H groups in total. The molecule has 0 radical (unpaired) electrons. The molecule has 2 heterocycles. The number of sulfonamides is 1. The van der Waals surface area contributed by atoms with Crippen molar-refractivity contribution in [3.8, 4) is 0 Å². The number of hydrogen-bond acceptors (Lipinski definition) is 6. The topological polar surface area (TPSA) is 73.8 Å². The molecular formula is C16H18Cl2N4O3S2. The molecule has 1 aliphatic rings. The lowest BCUT2D eigenvalue weighted by Crippen LogP contribution is -2.51. The maximum atomic E-state index is 12.8. The molecule has 3 rings (SSSR count). The van der Waals surface area contributed by atoms with Gasteiger partial charge in [0.15, 0.2) is 5.13 Å². The van der Waals surface area contributed by atoms with Crippen LogP contribution in [0.5, 0.6) is 0 Å². The van der Waals surface area contributed by atoms with Crippen molar-refractivity contribution < 1.29 is 13.2 Å². The van der Waals surface area contributed by atoms with Crippen LogP contribution in [0.4, 0.5) is 5.13 Å². The van der Waals surface area contributed by atoms with E-state index in [-0.39, 0.29) is 40.5 Å². The van der Waals surface area contributed by atoms with E-state index in [1.807, 2.05) is 10.3 Å². The number of halogens is 2. The van der Waals surface area contributed by atoms with Crippen LogP contribution in [0.2, 0.25) is 10.0 Å². The van der Waals surface area contributed by atoms with E-state index in [1.165, 1.54) is 26.6 Å². The molecule has 0 bridgehead atoms. The molecule has 0 unspecified atom stereocenters. The Morgan fingerprint density at radius 2 is 1.96 bits per heavy atom. The van der Waals surface area contributed by atoms with Crippen molar-refractivity contribution in [1.29, 1.82) is 0 Å². The third kappa shape index (κ3) is 4.44. The molecule has 1 fully saturated rings. The highest BCUT2D eigenvalue weighted by molar-refractivity contribution is 7.89. The van der Waals surface area contributed by atoms with Crippen LogP contribution in [-0.4, -0.2) is 68.3 Å². The van der Waals surface area contributed by atoms with Crippen molar-refractivity contribution in [2.75, 3.05) is 44.7 Å². The minimum atomic E-state index is -3.73. The van der Waals surface area contributed by atoms with Crippen molar-refractivity contribution in [2.24, 2.45) is 0 Å². The van der Waals surface area contributed by atoms with Crippen LogP contribution in [0.3, 0.4) is 0 Å². The van der Waals surface area contributed by atoms with Crippen LogP contribution in [-0.2, 0) is 14.8 Å². The molecule has 1 aliphatic heterocycles. The molecule has 7 nitrogen and oxygen atoms in total. The smallest absolute Gasteiger partial charge is 0.244 e. The van der Waals surface area contributed by atoms with E-state index in [1.54, 1.807) is 25.4 Å². The van der Waals surface area contributed by atoms with E-state index in [9.17, 15) is 13.2 Å². The average Bonchev–Trinajstić information content (AvgIpc) is 3.18. The third-order valence-electron chi connectivity index (χ3n) is 4.30. The number of likely N-dealkylation sites (N-methyl/N-ethyl adjacent to an activating group) is 1. The SMILES string of the molecule is CN(C(=O)CN1CCN(S(=O)(=O)c2cccc(Cl)c2Cl)CC1)c1nccs1. The Morgan fingerprint density at radius 3 is 2.59 bits per heavy atom. The van der Waals surface area contributed by atoms with Gasteiger partial charge in [-0.3, -0.25) is 14.6 Å². The predicted molar refractivity (Wildman–Crippen MR) is 107 cm³/mol. The molecular weight excluding hydrogens is 431 g/mol. The van der Waals surface area contributed by atoms with Gasteiger partial charge in [-0.15, -0.1) is 11.3 Å². The monoisotopic (exact) mass is 448 g/mol. The van der Waals surface area contributed by atoms with Gasteiger partial charge in [-0.2, -0.15) is 4.31 Å². The number of aromatic nitrogens is 1. The largest absolute Gasteiger partial charge is 0.292 e. The van der Waals surface area contributed by atoms with Gasteiger partial charge in [0.05, 0.1) is 16.6 Å². The number of benzene rings is 1. The standard InChI is InChI=1S/C16H18Cl2N4O3S2/c1-20(16-19-5-10-26-16)14(23)11-21-6-8-22(9-7-21)27(24,25)13-4-2-3-12(17)15(13)18/h2-5,10H,6-9,11H2,1H3. The summed E-state index contributed by atoms with van der Waals surface area (Å²) in [5, 5.41) is 2.68. The summed E-state index contributed by atoms with van der Waals surface area (Å²) in [7, 11) is -2.05. The van der Waals surface area contributed by atoms with Crippen molar-refractivity contribution in [3.63, 3.8) is 0 Å². The molecule has 1 aromatic heterocycles. The minimum Gasteiger partial charge on any atom is -0.292 e. The number of thiazole rings is 1. The van der Waals surface area contributed by atoms with Gasteiger partial charge in [0.1, 0.15) is 4.90 Å². The Balaban J connectivity index is 1.61. The molecule has 27 heavy (non-hydrogen) atoms. The number of piperazine rings is 1. The van der Waals surface area contributed by atoms with E-state index < -0.39 is 10.0 Å². The van der Waals surface area contributed by atoms with Gasteiger partial charge < -0.3 is 0 Å². The first-order valence-electron chi connectivity index (χ1n) is 8.13. The Bertz CT molecular complexity index is 914. The third-order valence-corrected chi connectivity index (χ3v) is 8.02. The molecule has 0 aliphatic carbocycles. The molecule has 146 valence electrons. The highest BCUT2D eigenvalue weighted by atomic mass is 35.5. The van der Waals surface area contributed by atoms with Crippen LogP contribution in [0, 0.1) is 0 Å². The minimum absolute atomic E-state index is 0.00435. The van der Waals surface area contributed by atoms with E-state index in [4.69, 9.17) is 23.2 Å². The van der Waals surface area contributed by atoms with Gasteiger partial charge in [-0.1, -0.05) is 29.3 Å². The van der Waals surface area contributed by atoms with Crippen LogP contribution in [0.15, 0.2) is 34.7 Å². The van der Waals surface area contributed by atoms with Gasteiger partial charge in [-0.05, 0) is 12.1 Å². The Morgan fingerprint density at radius 1 is 1.26 bits per heavy atom. The molecule has 0 spiro atoms. The van der Waals surface area contributed by atoms with Gasteiger partial charge in [-0.25, -0.2) is 13.4 Å². The first-order chi connectivity index (χ1) is 12.8. The average molecular weight is 449 g/mol. The number of nitrogens with zero attached hydrogens (tertiary/aromatic N) is 4. The zero-order valence-corrected chi connectivity index (χ0v) is 17.7. The molecule has 1 amide bonds. The summed E-state index contributed by atoms with van der Waals surface area (Å²) in [4.78, 5) is 19.9. The quantitative estimate of drug-likeness (QED) is 0.701. The maximum absolute atomic E-state index is 12.8. The van der Waals surface area contributed by atoms with Crippen molar-refractivity contribution >= 4 is 55.6 Å². The van der Waals surface area contributed by atoms with E-state index >= 15 is 0 Å². The normalized spacial score (nSPS) is 16.4. The predicted octanol–water partition coefficient (Wildman–Crippen LogP) is 2.42. The number of carbonyl (C=O) groups is 1. The van der Waals surface area contributed by atoms with Crippen molar-refractivity contribution in [1.82, 2.24) is 14.2 Å². The number of amides is 1. The number of rotatable bonds is 5. The zero-order valence-electron chi connectivity index (χ0n) is 14.5. The van der Waals surface area contributed by atoms with E-state index in [0.717, 1.165) is 0 Å². The lowest BCUT2D eigenvalue weighted by atomic mass is 10.3. The molecule has 0 atom stereocenters. The van der Waals surface area contributed by atoms with Crippen molar-refractivity contribution in [3.05, 3.63) is 39.8 Å². The first-order valence-corrected chi connectivity index (χ1v) is 11.2. The molecule has 1 aromatic carbocycles. The van der Waals surface area contributed by atoms with E-state index in [0.29, 0.717) is 18.2 Å². The number of carbonyl (C=O) groups excluding carboxylic acids is 1. The molecule has 2 aromatic rings. The van der Waals surface area contributed by atoms with Crippen LogP contribution in [0.1, 0.15) is 0 Å². The molecule has 11 heteroatoms. The fraction of sp³-hybridized carbons (Fsp3) is 0.375. The van der Waals surface area contributed by atoms with Crippen molar-refractivity contribution in [2.45, 2.75) is 4.90 Å². The fourth-order valence-electron chi connectivity index (χ4n) is 2.74. The molecule has 0 saturated carbocycles. The fourth-order valence-corrected chi connectivity index (χ4v) is 5.52. The van der Waals surface area contributed by atoms with Gasteiger partial charge >= 0.3 is 0 Å². The summed E-state index contributed by atoms with van der Waals surface area (Å²) in [6.07, 6.45) is 1.65. The second-order valence-corrected chi connectivity index (χ2v) is 9.56. The Kier molecular flexibility index (Phi) is 6.39. The zero-order chi connectivity index (χ0) is 19.6. The van der Waals surface area contributed by atoms with Crippen LogP contribution < -0.4 is 4.90 Å². The maximum Gasteiger partial charge on any atom is 0.244 e. The highest BCUT2D eigenvalue weighted by Crippen LogP contribution is 2.31. The van der Waals surface area contributed by atoms with E-state index in [2.05, 4.69) is 4.98 Å². The second kappa shape index (κ2) is 8.42. The van der Waals surface area contributed by atoms with Gasteiger partial charge in [0.25, 0.3) is 0 Å². The summed E-state index contributed by atoms with van der Waals surface area (Å²) in [6.45, 7) is 1.67. The lowest BCUT2D eigenvalue weighted by molar-refractivity contribution is -0.119. The summed E-state index contributed by atoms with van der Waals surface area (Å²) >= 11 is 13.4. The van der Waals surface area contributed by atoms with Gasteiger partial charge in [0.2, 0.25) is 15.9 Å². The second-order valence-electron chi connectivity index (χ2n) is 6.00. The number of anilines is 1. The first kappa shape index (κ1) is 20.5. The Hall–Kier alpha value is -1.23. The highest BCUT2D eigenvalue weighted by Gasteiger charge is 2.31. The van der Waals surface area contributed by atoms with Crippen LogP contribution in [0.25, 0.3) is 0 Å². The summed E-state index contributed by atoms with van der Waals surface area (Å²) in [5.41, 5.74) is 0. The summed E-state index contributed by atoms with van der Waals surface area (Å²) in [6, 6.07) is 4.55.